The Morgan fingerprint density at radius 1 is 1.43 bits per heavy atom. The molecule has 0 amide bonds. The van der Waals surface area contributed by atoms with E-state index in [4.69, 9.17) is 9.47 Å². The standard InChI is InChI=1S/C17H22O4/c1-10-5-7-14-12(3)17(19)21-16(14)9-11(2)15(8-6-10)20-13(4)18/h6,9,14-16H,3,5,7-8H2,1-2,4H3/b10-6+,11-9+/t14-,15-,16+/m0/s1. The lowest BCUT2D eigenvalue weighted by molar-refractivity contribution is -0.144. The minimum atomic E-state index is -0.320. The predicted octanol–water partition coefficient (Wildman–Crippen LogP) is 3.09. The summed E-state index contributed by atoms with van der Waals surface area (Å²) in [5.74, 6) is -0.619. The molecule has 0 aromatic rings. The van der Waals surface area contributed by atoms with Crippen LogP contribution < -0.4 is 0 Å². The van der Waals surface area contributed by atoms with E-state index >= 15 is 0 Å². The second-order valence-electron chi connectivity index (χ2n) is 5.84. The summed E-state index contributed by atoms with van der Waals surface area (Å²) in [5, 5.41) is 0. The van der Waals surface area contributed by atoms with Gasteiger partial charge in [-0.1, -0.05) is 18.2 Å². The van der Waals surface area contributed by atoms with Crippen LogP contribution in [0.2, 0.25) is 0 Å². The Morgan fingerprint density at radius 2 is 2.14 bits per heavy atom. The molecule has 1 saturated heterocycles. The van der Waals surface area contributed by atoms with Crippen LogP contribution in [-0.2, 0) is 19.1 Å². The van der Waals surface area contributed by atoms with Gasteiger partial charge in [0.25, 0.3) is 0 Å². The highest BCUT2D eigenvalue weighted by Gasteiger charge is 2.37. The predicted molar refractivity (Wildman–Crippen MR) is 79.4 cm³/mol. The van der Waals surface area contributed by atoms with Crippen molar-refractivity contribution in [3.05, 3.63) is 35.5 Å². The van der Waals surface area contributed by atoms with E-state index < -0.39 is 0 Å². The second kappa shape index (κ2) is 6.29. The maximum Gasteiger partial charge on any atom is 0.334 e. The zero-order chi connectivity index (χ0) is 15.6. The van der Waals surface area contributed by atoms with Gasteiger partial charge in [-0.15, -0.1) is 0 Å². The summed E-state index contributed by atoms with van der Waals surface area (Å²) in [4.78, 5) is 23.0. The summed E-state index contributed by atoms with van der Waals surface area (Å²) in [5.41, 5.74) is 2.68. The molecule has 1 aliphatic heterocycles. The fourth-order valence-corrected chi connectivity index (χ4v) is 2.81. The topological polar surface area (TPSA) is 52.6 Å². The normalized spacial score (nSPS) is 34.9. The van der Waals surface area contributed by atoms with Crippen molar-refractivity contribution in [3.8, 4) is 0 Å². The summed E-state index contributed by atoms with van der Waals surface area (Å²) >= 11 is 0. The second-order valence-corrected chi connectivity index (χ2v) is 5.84. The van der Waals surface area contributed by atoms with Gasteiger partial charge in [0.15, 0.2) is 0 Å². The van der Waals surface area contributed by atoms with Crippen molar-refractivity contribution in [1.29, 1.82) is 0 Å². The van der Waals surface area contributed by atoms with Crippen LogP contribution in [0.15, 0.2) is 35.5 Å². The molecule has 0 bridgehead atoms. The third kappa shape index (κ3) is 3.63. The maximum absolute atomic E-state index is 11.7. The molecule has 4 heteroatoms. The Labute approximate surface area is 125 Å². The molecule has 0 aromatic carbocycles. The Bertz CT molecular complexity index is 527. The van der Waals surface area contributed by atoms with E-state index in [2.05, 4.69) is 19.6 Å². The number of hydrogen-bond acceptors (Lipinski definition) is 4. The lowest BCUT2D eigenvalue weighted by Crippen LogP contribution is -2.22. The van der Waals surface area contributed by atoms with Crippen molar-refractivity contribution in [2.45, 2.75) is 52.2 Å². The highest BCUT2D eigenvalue weighted by Crippen LogP contribution is 2.34. The number of carbonyl (C=O) groups is 2. The Balaban J connectivity index is 2.31. The molecule has 0 radical (unpaired) electrons. The van der Waals surface area contributed by atoms with Crippen LogP contribution in [0.3, 0.4) is 0 Å². The monoisotopic (exact) mass is 290 g/mol. The van der Waals surface area contributed by atoms with E-state index in [1.807, 2.05) is 13.0 Å². The molecule has 1 heterocycles. The van der Waals surface area contributed by atoms with Gasteiger partial charge in [0.2, 0.25) is 0 Å². The van der Waals surface area contributed by atoms with Crippen molar-refractivity contribution < 1.29 is 19.1 Å². The molecule has 0 spiro atoms. The first-order valence-corrected chi connectivity index (χ1v) is 7.29. The van der Waals surface area contributed by atoms with E-state index in [0.29, 0.717) is 12.0 Å². The van der Waals surface area contributed by atoms with Crippen molar-refractivity contribution in [2.75, 3.05) is 0 Å². The van der Waals surface area contributed by atoms with E-state index in [1.165, 1.54) is 12.5 Å². The largest absolute Gasteiger partial charge is 0.458 e. The molecule has 2 aliphatic rings. The number of esters is 2. The first-order chi connectivity index (χ1) is 9.88. The number of allylic oxidation sites excluding steroid dienone is 1. The van der Waals surface area contributed by atoms with Gasteiger partial charge in [0.05, 0.1) is 0 Å². The minimum absolute atomic E-state index is 0.00637. The molecule has 21 heavy (non-hydrogen) atoms. The van der Waals surface area contributed by atoms with Crippen LogP contribution in [0.25, 0.3) is 0 Å². The molecule has 0 unspecified atom stereocenters. The van der Waals surface area contributed by atoms with Crippen molar-refractivity contribution in [2.24, 2.45) is 5.92 Å². The van der Waals surface area contributed by atoms with Gasteiger partial charge in [-0.3, -0.25) is 4.79 Å². The Kier molecular flexibility index (Phi) is 4.66. The van der Waals surface area contributed by atoms with Gasteiger partial charge in [-0.2, -0.15) is 0 Å². The molecule has 1 fully saturated rings. The maximum atomic E-state index is 11.7. The highest BCUT2D eigenvalue weighted by atomic mass is 16.6. The van der Waals surface area contributed by atoms with Crippen LogP contribution in [0.1, 0.15) is 40.0 Å². The fraction of sp³-hybridized carbons (Fsp3) is 0.529. The average Bonchev–Trinajstić information content (AvgIpc) is 2.66. The van der Waals surface area contributed by atoms with Gasteiger partial charge in [0, 0.05) is 24.8 Å². The van der Waals surface area contributed by atoms with Crippen LogP contribution >= 0.6 is 0 Å². The zero-order valence-electron chi connectivity index (χ0n) is 12.8. The molecule has 114 valence electrons. The smallest absolute Gasteiger partial charge is 0.334 e. The first kappa shape index (κ1) is 15.5. The molecular formula is C17H22O4. The third-order valence-electron chi connectivity index (χ3n) is 4.12. The van der Waals surface area contributed by atoms with Gasteiger partial charge in [-0.05, 0) is 38.3 Å². The van der Waals surface area contributed by atoms with E-state index in [-0.39, 0.29) is 30.1 Å². The number of hydrogen-bond donors (Lipinski definition) is 0. The van der Waals surface area contributed by atoms with E-state index in [9.17, 15) is 9.59 Å². The minimum Gasteiger partial charge on any atom is -0.458 e. The quantitative estimate of drug-likeness (QED) is 0.423. The molecule has 0 saturated carbocycles. The number of carbonyl (C=O) groups excluding carboxylic acids is 2. The number of fused-ring (bicyclic) bond motifs is 1. The van der Waals surface area contributed by atoms with Crippen molar-refractivity contribution >= 4 is 11.9 Å². The molecule has 0 N–H and O–H groups in total. The summed E-state index contributed by atoms with van der Waals surface area (Å²) in [7, 11) is 0. The lowest BCUT2D eigenvalue weighted by atomic mass is 9.87. The Morgan fingerprint density at radius 3 is 2.81 bits per heavy atom. The third-order valence-corrected chi connectivity index (χ3v) is 4.12. The van der Waals surface area contributed by atoms with Crippen molar-refractivity contribution in [3.63, 3.8) is 0 Å². The molecule has 2 rings (SSSR count). The van der Waals surface area contributed by atoms with Gasteiger partial charge in [-0.25, -0.2) is 4.79 Å². The van der Waals surface area contributed by atoms with Gasteiger partial charge in [0.1, 0.15) is 12.2 Å². The van der Waals surface area contributed by atoms with Crippen molar-refractivity contribution in [1.82, 2.24) is 0 Å². The van der Waals surface area contributed by atoms with Gasteiger partial charge < -0.3 is 9.47 Å². The first-order valence-electron chi connectivity index (χ1n) is 7.29. The van der Waals surface area contributed by atoms with E-state index in [0.717, 1.165) is 18.4 Å². The van der Waals surface area contributed by atoms with Gasteiger partial charge >= 0.3 is 11.9 Å². The number of ether oxygens (including phenoxy) is 2. The highest BCUT2D eigenvalue weighted by molar-refractivity contribution is 5.91. The van der Waals surface area contributed by atoms with Crippen LogP contribution in [-0.4, -0.2) is 24.1 Å². The average molecular weight is 290 g/mol. The lowest BCUT2D eigenvalue weighted by Gasteiger charge is -2.22. The van der Waals surface area contributed by atoms with Crippen LogP contribution in [0, 0.1) is 5.92 Å². The Hall–Kier alpha value is -1.84. The summed E-state index contributed by atoms with van der Waals surface area (Å²) in [6, 6.07) is 0. The summed E-state index contributed by atoms with van der Waals surface area (Å²) in [6.45, 7) is 9.22. The number of rotatable bonds is 1. The molecule has 1 aliphatic carbocycles. The van der Waals surface area contributed by atoms with Crippen LogP contribution in [0.5, 0.6) is 0 Å². The van der Waals surface area contributed by atoms with Crippen LogP contribution in [0.4, 0.5) is 0 Å². The summed E-state index contributed by atoms with van der Waals surface area (Å²) < 4.78 is 10.8. The van der Waals surface area contributed by atoms with E-state index in [1.54, 1.807) is 0 Å². The molecule has 3 atom stereocenters. The molecule has 4 nitrogen and oxygen atoms in total. The SMILES string of the molecule is C=C1C(=O)O[C@@H]2/C=C(\C)[C@@H](OC(C)=O)C/C=C(\C)CC[C@@H]12. The molecule has 0 aromatic heterocycles. The summed E-state index contributed by atoms with van der Waals surface area (Å²) in [6.07, 6.45) is 5.79. The molecular weight excluding hydrogens is 268 g/mol. The zero-order valence-corrected chi connectivity index (χ0v) is 12.8. The fourth-order valence-electron chi connectivity index (χ4n) is 2.81.